The molecule has 0 atom stereocenters. The first-order chi connectivity index (χ1) is 6.52. The molecule has 0 aromatic heterocycles. The molecule has 1 rings (SSSR count). The average molecular weight is 215 g/mol. The number of rotatable bonds is 2. The summed E-state index contributed by atoms with van der Waals surface area (Å²) in [5.41, 5.74) is 9.46. The van der Waals surface area contributed by atoms with Crippen LogP contribution in [0.2, 0.25) is 0 Å². The fourth-order valence-corrected chi connectivity index (χ4v) is 0.911. The second-order valence-electron chi connectivity index (χ2n) is 2.42. The molecule has 4 nitrogen and oxygen atoms in total. The Morgan fingerprint density at radius 3 is 1.93 bits per heavy atom. The highest BCUT2D eigenvalue weighted by Crippen LogP contribution is 2.00. The highest BCUT2D eigenvalue weighted by molar-refractivity contribution is 6.63. The van der Waals surface area contributed by atoms with Gasteiger partial charge in [0.1, 0.15) is 0 Å². The predicted octanol–water partition coefficient (Wildman–Crippen LogP) is 1.02. The van der Waals surface area contributed by atoms with Gasteiger partial charge in [-0.25, -0.2) is 4.79 Å². The van der Waals surface area contributed by atoms with Crippen LogP contribution in [0.3, 0.4) is 0 Å². The maximum absolute atomic E-state index is 10.4. The molecule has 0 spiro atoms. The number of urea groups is 1. The van der Waals surface area contributed by atoms with E-state index in [1.165, 1.54) is 0 Å². The van der Waals surface area contributed by atoms with Crippen LogP contribution < -0.4 is 11.5 Å². The molecule has 0 fully saturated rings. The van der Waals surface area contributed by atoms with Gasteiger partial charge in [0.25, 0.3) is 0 Å². The average Bonchev–Trinajstić information content (AvgIpc) is 2.03. The lowest BCUT2D eigenvalue weighted by molar-refractivity contribution is -0.111. The number of carbonyl (C=O) groups is 2. The van der Waals surface area contributed by atoms with Crippen molar-refractivity contribution in [3.63, 3.8) is 0 Å². The lowest BCUT2D eigenvalue weighted by Gasteiger charge is -1.92. The minimum atomic E-state index is -0.833. The van der Waals surface area contributed by atoms with Crippen LogP contribution in [0.1, 0.15) is 5.56 Å². The Bertz CT molecular complexity index is 297. The summed E-state index contributed by atoms with van der Waals surface area (Å²) in [5, 5.41) is -0.314. The lowest BCUT2D eigenvalue weighted by atomic mass is 10.2. The molecular formula is C9H11ClN2O2. The van der Waals surface area contributed by atoms with Crippen LogP contribution >= 0.6 is 11.6 Å². The third-order valence-electron chi connectivity index (χ3n) is 1.19. The van der Waals surface area contributed by atoms with Gasteiger partial charge in [0.2, 0.25) is 5.24 Å². The third-order valence-corrected chi connectivity index (χ3v) is 1.32. The summed E-state index contributed by atoms with van der Waals surface area (Å²) in [7, 11) is 0. The largest absolute Gasteiger partial charge is 0.352 e. The highest BCUT2D eigenvalue weighted by atomic mass is 35.5. The second-order valence-corrected chi connectivity index (χ2v) is 2.84. The zero-order valence-corrected chi connectivity index (χ0v) is 8.20. The number of hydrogen-bond donors (Lipinski definition) is 2. The molecule has 4 N–H and O–H groups in total. The Kier molecular flexibility index (Phi) is 6.15. The Hall–Kier alpha value is -1.55. The standard InChI is InChI=1S/C8H7ClO.CH4N2O/c9-8(10)6-7-4-2-1-3-5-7;2-1(3)4/h1-5H,6H2;(H4,2,3,4). The summed E-state index contributed by atoms with van der Waals surface area (Å²) in [6.07, 6.45) is 0.322. The smallest absolute Gasteiger partial charge is 0.309 e. The maximum atomic E-state index is 10.4. The van der Waals surface area contributed by atoms with Crippen LogP contribution in [0.25, 0.3) is 0 Å². The van der Waals surface area contributed by atoms with E-state index in [-0.39, 0.29) is 5.24 Å². The summed E-state index contributed by atoms with van der Waals surface area (Å²) in [5.74, 6) is 0. The van der Waals surface area contributed by atoms with E-state index in [1.807, 2.05) is 30.3 Å². The number of halogens is 1. The fraction of sp³-hybridized carbons (Fsp3) is 0.111. The minimum absolute atomic E-state index is 0.314. The summed E-state index contributed by atoms with van der Waals surface area (Å²) < 4.78 is 0. The summed E-state index contributed by atoms with van der Waals surface area (Å²) >= 11 is 5.17. The Labute approximate surface area is 86.8 Å². The summed E-state index contributed by atoms with van der Waals surface area (Å²) in [6.45, 7) is 0. The van der Waals surface area contributed by atoms with Gasteiger partial charge in [-0.15, -0.1) is 0 Å². The van der Waals surface area contributed by atoms with Crippen molar-refractivity contribution in [2.45, 2.75) is 6.42 Å². The first-order valence-electron chi connectivity index (χ1n) is 3.79. The van der Waals surface area contributed by atoms with Crippen LogP contribution in [0.15, 0.2) is 30.3 Å². The van der Waals surface area contributed by atoms with Gasteiger partial charge in [-0.2, -0.15) is 0 Å². The summed E-state index contributed by atoms with van der Waals surface area (Å²) in [4.78, 5) is 19.4. The lowest BCUT2D eigenvalue weighted by Crippen LogP contribution is -2.18. The predicted molar refractivity (Wildman–Crippen MR) is 54.8 cm³/mol. The Balaban J connectivity index is 0.000000364. The normalized spacial score (nSPS) is 8.36. The molecule has 0 aliphatic heterocycles. The van der Waals surface area contributed by atoms with Crippen molar-refractivity contribution in [2.24, 2.45) is 11.5 Å². The molecule has 1 aromatic carbocycles. The van der Waals surface area contributed by atoms with Gasteiger partial charge >= 0.3 is 6.03 Å². The topological polar surface area (TPSA) is 86.2 Å². The van der Waals surface area contributed by atoms with Crippen molar-refractivity contribution >= 4 is 22.9 Å². The molecule has 0 radical (unpaired) electrons. The molecule has 0 saturated carbocycles. The highest BCUT2D eigenvalue weighted by Gasteiger charge is 1.95. The molecule has 5 heteroatoms. The molecule has 14 heavy (non-hydrogen) atoms. The number of hydrogen-bond acceptors (Lipinski definition) is 2. The van der Waals surface area contributed by atoms with E-state index in [9.17, 15) is 4.79 Å². The minimum Gasteiger partial charge on any atom is -0.352 e. The van der Waals surface area contributed by atoms with Gasteiger partial charge in [-0.3, -0.25) is 4.79 Å². The van der Waals surface area contributed by atoms with Crippen molar-refractivity contribution < 1.29 is 9.59 Å². The van der Waals surface area contributed by atoms with E-state index in [0.29, 0.717) is 6.42 Å². The van der Waals surface area contributed by atoms with E-state index in [0.717, 1.165) is 5.56 Å². The zero-order valence-electron chi connectivity index (χ0n) is 7.44. The first kappa shape index (κ1) is 12.4. The van der Waals surface area contributed by atoms with E-state index >= 15 is 0 Å². The number of nitrogens with two attached hydrogens (primary N) is 2. The quantitative estimate of drug-likeness (QED) is 0.720. The van der Waals surface area contributed by atoms with Gasteiger partial charge < -0.3 is 11.5 Å². The van der Waals surface area contributed by atoms with E-state index in [4.69, 9.17) is 16.4 Å². The van der Waals surface area contributed by atoms with Gasteiger partial charge in [0, 0.05) is 6.42 Å². The molecule has 0 aliphatic rings. The number of primary amides is 2. The molecule has 1 aromatic rings. The monoisotopic (exact) mass is 214 g/mol. The first-order valence-corrected chi connectivity index (χ1v) is 4.17. The van der Waals surface area contributed by atoms with Crippen LogP contribution in [0.4, 0.5) is 4.79 Å². The van der Waals surface area contributed by atoms with Crippen LogP contribution in [0, 0.1) is 0 Å². The molecule has 0 aliphatic carbocycles. The molecule has 0 unspecified atom stereocenters. The van der Waals surface area contributed by atoms with E-state index < -0.39 is 6.03 Å². The van der Waals surface area contributed by atoms with Crippen molar-refractivity contribution in [3.05, 3.63) is 35.9 Å². The van der Waals surface area contributed by atoms with Crippen LogP contribution in [0.5, 0.6) is 0 Å². The Morgan fingerprint density at radius 2 is 1.57 bits per heavy atom. The number of amides is 2. The van der Waals surface area contributed by atoms with E-state index in [1.54, 1.807) is 0 Å². The maximum Gasteiger partial charge on any atom is 0.309 e. The van der Waals surface area contributed by atoms with Gasteiger partial charge in [0.15, 0.2) is 0 Å². The van der Waals surface area contributed by atoms with Crippen molar-refractivity contribution in [1.82, 2.24) is 0 Å². The van der Waals surface area contributed by atoms with Crippen LogP contribution in [-0.2, 0) is 11.2 Å². The molecule has 76 valence electrons. The number of carbonyl (C=O) groups excluding carboxylic acids is 2. The van der Waals surface area contributed by atoms with Crippen molar-refractivity contribution in [3.8, 4) is 0 Å². The van der Waals surface area contributed by atoms with Gasteiger partial charge in [-0.1, -0.05) is 30.3 Å². The SMILES string of the molecule is NC(N)=O.O=C(Cl)Cc1ccccc1. The third kappa shape index (κ3) is 8.55. The molecular weight excluding hydrogens is 204 g/mol. The number of benzene rings is 1. The molecule has 0 heterocycles. The Morgan fingerprint density at radius 1 is 1.14 bits per heavy atom. The summed E-state index contributed by atoms with van der Waals surface area (Å²) in [6, 6.07) is 8.59. The zero-order chi connectivity index (χ0) is 11.0. The van der Waals surface area contributed by atoms with Crippen molar-refractivity contribution in [1.29, 1.82) is 0 Å². The second kappa shape index (κ2) is 6.91. The van der Waals surface area contributed by atoms with Crippen LogP contribution in [-0.4, -0.2) is 11.3 Å². The molecule has 0 bridgehead atoms. The van der Waals surface area contributed by atoms with Gasteiger partial charge in [0.05, 0.1) is 0 Å². The van der Waals surface area contributed by atoms with Crippen molar-refractivity contribution in [2.75, 3.05) is 0 Å². The molecule has 2 amide bonds. The fourth-order valence-electron chi connectivity index (χ4n) is 0.756. The van der Waals surface area contributed by atoms with E-state index in [2.05, 4.69) is 11.5 Å². The van der Waals surface area contributed by atoms with Gasteiger partial charge in [-0.05, 0) is 17.2 Å². The molecule has 0 saturated heterocycles.